The Bertz CT molecular complexity index is 2360. The van der Waals surface area contributed by atoms with Crippen LogP contribution in [-0.4, -0.2) is 10.8 Å². The summed E-state index contributed by atoms with van der Waals surface area (Å²) in [5.41, 5.74) is 8.19. The average Bonchev–Trinajstić information content (AvgIpc) is 3.55. The normalized spacial score (nSPS) is 11.6. The summed E-state index contributed by atoms with van der Waals surface area (Å²) in [5.74, 6) is 0. The van der Waals surface area contributed by atoms with Gasteiger partial charge in [0.1, 0.15) is 11.2 Å². The molecule has 0 saturated carbocycles. The standard InChI is InChI=1S/C36H21N3O/c37-20-22-9-14-31(26(17-22)21-38)39-32-15-12-24(18-30(32)36-27-6-2-1-5-23(27)11-16-33(36)39)25-10-13-29-28-7-3-4-8-34(28)40-35(29)19-25/h1-19,21,38H. The molecule has 0 saturated heterocycles. The molecular weight excluding hydrogens is 490 g/mol. The predicted octanol–water partition coefficient (Wildman–Crippen LogP) is 9.37. The van der Waals surface area contributed by atoms with E-state index in [4.69, 9.17) is 9.83 Å². The number of nitriles is 1. The quantitative estimate of drug-likeness (QED) is 0.240. The lowest BCUT2D eigenvalue weighted by Crippen LogP contribution is -1.99. The molecule has 4 heteroatoms. The summed E-state index contributed by atoms with van der Waals surface area (Å²) in [7, 11) is 0. The minimum atomic E-state index is 0.539. The second kappa shape index (κ2) is 8.42. The first-order chi connectivity index (χ1) is 19.7. The van der Waals surface area contributed by atoms with Gasteiger partial charge in [0.05, 0.1) is 28.4 Å². The summed E-state index contributed by atoms with van der Waals surface area (Å²) in [6.45, 7) is 0. The molecule has 4 nitrogen and oxygen atoms in total. The molecule has 0 bridgehead atoms. The third kappa shape index (κ3) is 3.15. The van der Waals surface area contributed by atoms with Gasteiger partial charge < -0.3 is 14.4 Å². The van der Waals surface area contributed by atoms with E-state index in [0.29, 0.717) is 11.1 Å². The van der Waals surface area contributed by atoms with Crippen LogP contribution < -0.4 is 0 Å². The molecule has 0 radical (unpaired) electrons. The maximum Gasteiger partial charge on any atom is 0.136 e. The van der Waals surface area contributed by atoms with Crippen LogP contribution >= 0.6 is 0 Å². The second-order valence-electron chi connectivity index (χ2n) is 10.1. The SMILES string of the molecule is N#Cc1ccc(-n2c3ccc(-c4ccc5c(c4)oc4ccccc45)cc3c3c4ccccc4ccc32)c(C=N)c1. The van der Waals surface area contributed by atoms with Crippen LogP contribution in [0.2, 0.25) is 0 Å². The molecular formula is C36H21N3O. The largest absolute Gasteiger partial charge is 0.456 e. The third-order valence-corrected chi connectivity index (χ3v) is 7.92. The minimum Gasteiger partial charge on any atom is -0.456 e. The van der Waals surface area contributed by atoms with E-state index >= 15 is 0 Å². The number of hydrogen-bond donors (Lipinski definition) is 1. The zero-order valence-electron chi connectivity index (χ0n) is 21.3. The number of nitrogens with one attached hydrogen (secondary N) is 1. The molecule has 0 fully saturated rings. The van der Waals surface area contributed by atoms with Gasteiger partial charge >= 0.3 is 0 Å². The number of nitrogens with zero attached hydrogens (tertiary/aromatic N) is 2. The molecule has 0 amide bonds. The molecule has 0 aliphatic rings. The highest BCUT2D eigenvalue weighted by Gasteiger charge is 2.18. The van der Waals surface area contributed by atoms with Crippen LogP contribution in [0.5, 0.6) is 0 Å². The molecule has 40 heavy (non-hydrogen) atoms. The van der Waals surface area contributed by atoms with E-state index in [1.807, 2.05) is 30.3 Å². The number of para-hydroxylation sites is 1. The van der Waals surface area contributed by atoms with Crippen molar-refractivity contribution in [2.75, 3.05) is 0 Å². The first-order valence-corrected chi connectivity index (χ1v) is 13.2. The summed E-state index contributed by atoms with van der Waals surface area (Å²) >= 11 is 0. The lowest BCUT2D eigenvalue weighted by molar-refractivity contribution is 0.669. The Hall–Kier alpha value is -5.66. The zero-order valence-corrected chi connectivity index (χ0v) is 21.3. The van der Waals surface area contributed by atoms with E-state index in [9.17, 15) is 5.26 Å². The Kier molecular flexibility index (Phi) is 4.70. The van der Waals surface area contributed by atoms with Gasteiger partial charge in [0, 0.05) is 33.3 Å². The van der Waals surface area contributed by atoms with E-state index in [1.54, 1.807) is 6.07 Å². The Morgan fingerprint density at radius 1 is 0.650 bits per heavy atom. The van der Waals surface area contributed by atoms with E-state index < -0.39 is 0 Å². The molecule has 0 unspecified atom stereocenters. The number of furan rings is 1. The molecule has 0 aliphatic carbocycles. The van der Waals surface area contributed by atoms with Crippen molar-refractivity contribution in [2.24, 2.45) is 0 Å². The first-order valence-electron chi connectivity index (χ1n) is 13.2. The van der Waals surface area contributed by atoms with Gasteiger partial charge in [0.2, 0.25) is 0 Å². The minimum absolute atomic E-state index is 0.539. The monoisotopic (exact) mass is 511 g/mol. The van der Waals surface area contributed by atoms with Gasteiger partial charge in [-0.25, -0.2) is 0 Å². The fraction of sp³-hybridized carbons (Fsp3) is 0. The number of hydrogen-bond acceptors (Lipinski definition) is 3. The summed E-state index contributed by atoms with van der Waals surface area (Å²) in [4.78, 5) is 0. The van der Waals surface area contributed by atoms with Gasteiger partial charge in [0.25, 0.3) is 0 Å². The lowest BCUT2D eigenvalue weighted by atomic mass is 9.99. The van der Waals surface area contributed by atoms with Crippen molar-refractivity contribution in [3.8, 4) is 22.9 Å². The maximum absolute atomic E-state index is 9.45. The number of aromatic nitrogens is 1. The van der Waals surface area contributed by atoms with Crippen LogP contribution in [0.4, 0.5) is 0 Å². The van der Waals surface area contributed by atoms with Crippen LogP contribution in [-0.2, 0) is 0 Å². The van der Waals surface area contributed by atoms with E-state index in [2.05, 4.69) is 89.5 Å². The highest BCUT2D eigenvalue weighted by atomic mass is 16.3. The fourth-order valence-corrected chi connectivity index (χ4v) is 6.08. The molecule has 0 aliphatic heterocycles. The van der Waals surface area contributed by atoms with Crippen LogP contribution in [0.3, 0.4) is 0 Å². The molecule has 0 spiro atoms. The second-order valence-corrected chi connectivity index (χ2v) is 10.1. The fourth-order valence-electron chi connectivity index (χ4n) is 6.08. The molecule has 2 heterocycles. The van der Waals surface area contributed by atoms with Gasteiger partial charge in [-0.15, -0.1) is 0 Å². The van der Waals surface area contributed by atoms with E-state index in [1.165, 1.54) is 22.4 Å². The molecule has 2 aromatic heterocycles. The van der Waals surface area contributed by atoms with Crippen LogP contribution in [0.1, 0.15) is 11.1 Å². The topological polar surface area (TPSA) is 65.7 Å². The van der Waals surface area contributed by atoms with Gasteiger partial charge in [0.15, 0.2) is 0 Å². The average molecular weight is 512 g/mol. The maximum atomic E-state index is 9.45. The van der Waals surface area contributed by atoms with Crippen molar-refractivity contribution < 1.29 is 4.42 Å². The van der Waals surface area contributed by atoms with Crippen molar-refractivity contribution in [3.05, 3.63) is 126 Å². The first kappa shape index (κ1) is 22.3. The van der Waals surface area contributed by atoms with Crippen LogP contribution in [0.25, 0.3) is 71.3 Å². The van der Waals surface area contributed by atoms with Crippen molar-refractivity contribution in [1.82, 2.24) is 4.57 Å². The van der Waals surface area contributed by atoms with Crippen LogP contribution in [0.15, 0.2) is 120 Å². The highest BCUT2D eigenvalue weighted by molar-refractivity contribution is 6.22. The molecule has 8 aromatic rings. The molecule has 6 aromatic carbocycles. The molecule has 0 atom stereocenters. The van der Waals surface area contributed by atoms with Gasteiger partial charge in [-0.2, -0.15) is 5.26 Å². The van der Waals surface area contributed by atoms with Gasteiger partial charge in [-0.05, 0) is 76.5 Å². The number of benzene rings is 6. The third-order valence-electron chi connectivity index (χ3n) is 7.92. The van der Waals surface area contributed by atoms with Crippen molar-refractivity contribution >= 4 is 60.7 Å². The summed E-state index contributed by atoms with van der Waals surface area (Å²) < 4.78 is 8.40. The lowest BCUT2D eigenvalue weighted by Gasteiger charge is -2.12. The number of fused-ring (bicyclic) bond motifs is 8. The predicted molar refractivity (Wildman–Crippen MR) is 164 cm³/mol. The zero-order chi connectivity index (χ0) is 26.8. The van der Waals surface area contributed by atoms with E-state index in [0.717, 1.165) is 55.2 Å². The summed E-state index contributed by atoms with van der Waals surface area (Å²) in [5, 5.41) is 24.4. The number of rotatable bonds is 3. The Labute approximate surface area is 229 Å². The molecule has 1 N–H and O–H groups in total. The molecule has 186 valence electrons. The van der Waals surface area contributed by atoms with Crippen molar-refractivity contribution in [3.63, 3.8) is 0 Å². The smallest absolute Gasteiger partial charge is 0.136 e. The van der Waals surface area contributed by atoms with E-state index in [-0.39, 0.29) is 0 Å². The Balaban J connectivity index is 1.43. The van der Waals surface area contributed by atoms with Crippen LogP contribution in [0, 0.1) is 16.7 Å². The Morgan fingerprint density at radius 2 is 1.40 bits per heavy atom. The molecule has 8 rings (SSSR count). The van der Waals surface area contributed by atoms with Gasteiger partial charge in [-0.1, -0.05) is 60.7 Å². The Morgan fingerprint density at radius 3 is 2.27 bits per heavy atom. The van der Waals surface area contributed by atoms with Crippen molar-refractivity contribution in [1.29, 1.82) is 10.7 Å². The van der Waals surface area contributed by atoms with Gasteiger partial charge in [-0.3, -0.25) is 0 Å². The summed E-state index contributed by atoms with van der Waals surface area (Å²) in [6, 6.07) is 41.6. The summed E-state index contributed by atoms with van der Waals surface area (Å²) in [6.07, 6.45) is 1.33. The van der Waals surface area contributed by atoms with Crippen molar-refractivity contribution in [2.45, 2.75) is 0 Å². The highest BCUT2D eigenvalue weighted by Crippen LogP contribution is 2.40.